The van der Waals surface area contributed by atoms with Crippen LogP contribution in [0.4, 0.5) is 0 Å². The Labute approximate surface area is 137 Å². The van der Waals surface area contributed by atoms with Gasteiger partial charge < -0.3 is 4.74 Å². The Morgan fingerprint density at radius 2 is 2.00 bits per heavy atom. The van der Waals surface area contributed by atoms with Gasteiger partial charge in [-0.25, -0.2) is 5.43 Å². The number of nitrogens with one attached hydrogen (secondary N) is 1. The van der Waals surface area contributed by atoms with E-state index < -0.39 is 6.10 Å². The first kappa shape index (κ1) is 16.7. The van der Waals surface area contributed by atoms with Gasteiger partial charge in [0.2, 0.25) is 0 Å². The van der Waals surface area contributed by atoms with Gasteiger partial charge in [0.25, 0.3) is 5.91 Å². The third-order valence-corrected chi connectivity index (χ3v) is 3.45. The molecule has 4 heteroatoms. The van der Waals surface area contributed by atoms with Crippen molar-refractivity contribution in [2.24, 2.45) is 5.10 Å². The maximum Gasteiger partial charge on any atom is 0.280 e. The molecule has 120 valence electrons. The number of carbonyl (C=O) groups is 1. The van der Waals surface area contributed by atoms with E-state index in [4.69, 9.17) is 4.74 Å². The van der Waals surface area contributed by atoms with E-state index in [0.29, 0.717) is 5.75 Å². The average Bonchev–Trinajstić information content (AvgIpc) is 2.55. The fourth-order valence-electron chi connectivity index (χ4n) is 2.05. The molecular formula is C19H22N2O2. The van der Waals surface area contributed by atoms with Crippen LogP contribution in [0.15, 0.2) is 53.6 Å². The van der Waals surface area contributed by atoms with Crippen LogP contribution in [0.1, 0.15) is 30.5 Å². The van der Waals surface area contributed by atoms with Crippen LogP contribution in [0.5, 0.6) is 5.75 Å². The highest BCUT2D eigenvalue weighted by atomic mass is 16.5. The lowest BCUT2D eigenvalue weighted by Crippen LogP contribution is -2.33. The second kappa shape index (κ2) is 8.13. The lowest BCUT2D eigenvalue weighted by atomic mass is 10.1. The molecule has 0 radical (unpaired) electrons. The Kier molecular flexibility index (Phi) is 5.92. The number of nitrogens with zero attached hydrogens (tertiary/aromatic N) is 1. The molecule has 0 aromatic heterocycles. The third-order valence-electron chi connectivity index (χ3n) is 3.45. The highest BCUT2D eigenvalue weighted by molar-refractivity contribution is 5.84. The first-order chi connectivity index (χ1) is 11.1. The summed E-state index contributed by atoms with van der Waals surface area (Å²) in [5, 5.41) is 3.97. The van der Waals surface area contributed by atoms with Crippen molar-refractivity contribution >= 4 is 12.1 Å². The van der Waals surface area contributed by atoms with Crippen molar-refractivity contribution in [2.75, 3.05) is 0 Å². The number of rotatable bonds is 6. The Bertz CT molecular complexity index is 678. The molecule has 0 aliphatic carbocycles. The van der Waals surface area contributed by atoms with E-state index in [2.05, 4.69) is 17.5 Å². The van der Waals surface area contributed by atoms with E-state index in [1.807, 2.05) is 55.5 Å². The van der Waals surface area contributed by atoms with Crippen LogP contribution < -0.4 is 10.2 Å². The van der Waals surface area contributed by atoms with Crippen molar-refractivity contribution in [1.82, 2.24) is 5.43 Å². The first-order valence-electron chi connectivity index (χ1n) is 7.73. The Hall–Kier alpha value is -2.62. The van der Waals surface area contributed by atoms with Gasteiger partial charge in [0.15, 0.2) is 6.10 Å². The van der Waals surface area contributed by atoms with Crippen LogP contribution in [0.25, 0.3) is 0 Å². The van der Waals surface area contributed by atoms with Crippen LogP contribution in [0.3, 0.4) is 0 Å². The molecule has 2 rings (SSSR count). The van der Waals surface area contributed by atoms with Crippen molar-refractivity contribution in [2.45, 2.75) is 33.3 Å². The highest BCUT2D eigenvalue weighted by Gasteiger charge is 2.13. The Balaban J connectivity index is 1.86. The summed E-state index contributed by atoms with van der Waals surface area (Å²) in [5.74, 6) is 0.389. The van der Waals surface area contributed by atoms with Crippen LogP contribution >= 0.6 is 0 Å². The van der Waals surface area contributed by atoms with E-state index in [1.165, 1.54) is 5.56 Å². The molecule has 0 bridgehead atoms. The average molecular weight is 310 g/mol. The molecule has 0 saturated carbocycles. The second-order valence-corrected chi connectivity index (χ2v) is 5.41. The largest absolute Gasteiger partial charge is 0.481 e. The first-order valence-corrected chi connectivity index (χ1v) is 7.73. The van der Waals surface area contributed by atoms with E-state index in [1.54, 1.807) is 13.1 Å². The minimum atomic E-state index is -0.614. The zero-order valence-corrected chi connectivity index (χ0v) is 13.7. The topological polar surface area (TPSA) is 50.7 Å². The van der Waals surface area contributed by atoms with Crippen LogP contribution in [-0.4, -0.2) is 18.2 Å². The maximum absolute atomic E-state index is 12.0. The number of ether oxygens (including phenoxy) is 1. The fourth-order valence-corrected chi connectivity index (χ4v) is 2.05. The van der Waals surface area contributed by atoms with Gasteiger partial charge in [0.05, 0.1) is 6.21 Å². The second-order valence-electron chi connectivity index (χ2n) is 5.41. The highest BCUT2D eigenvalue weighted by Crippen LogP contribution is 2.14. The van der Waals surface area contributed by atoms with Gasteiger partial charge in [-0.15, -0.1) is 0 Å². The van der Waals surface area contributed by atoms with Gasteiger partial charge in [-0.05, 0) is 49.1 Å². The number of benzene rings is 2. The summed E-state index contributed by atoms with van der Waals surface area (Å²) in [5.41, 5.74) is 5.80. The minimum Gasteiger partial charge on any atom is -0.481 e. The summed E-state index contributed by atoms with van der Waals surface area (Å²) in [4.78, 5) is 12.0. The summed E-state index contributed by atoms with van der Waals surface area (Å²) in [7, 11) is 0. The van der Waals surface area contributed by atoms with Crippen molar-refractivity contribution < 1.29 is 9.53 Å². The molecule has 2 aromatic rings. The van der Waals surface area contributed by atoms with Gasteiger partial charge in [-0.3, -0.25) is 4.79 Å². The molecule has 2 aromatic carbocycles. The molecule has 0 saturated heterocycles. The normalized spacial score (nSPS) is 12.1. The quantitative estimate of drug-likeness (QED) is 0.656. The smallest absolute Gasteiger partial charge is 0.280 e. The number of hydrogen-bond acceptors (Lipinski definition) is 3. The van der Waals surface area contributed by atoms with E-state index >= 15 is 0 Å². The summed E-state index contributed by atoms with van der Waals surface area (Å²) in [6.07, 6.45) is 2.01. The predicted octanol–water partition coefficient (Wildman–Crippen LogP) is 3.48. The monoisotopic (exact) mass is 310 g/mol. The molecule has 0 aliphatic rings. The van der Waals surface area contributed by atoms with Crippen LogP contribution in [0, 0.1) is 6.92 Å². The van der Waals surface area contributed by atoms with E-state index in [0.717, 1.165) is 17.5 Å². The van der Waals surface area contributed by atoms with Gasteiger partial charge in [-0.2, -0.15) is 5.10 Å². The van der Waals surface area contributed by atoms with E-state index in [9.17, 15) is 4.79 Å². The summed E-state index contributed by atoms with van der Waals surface area (Å²) in [6, 6.07) is 15.6. The van der Waals surface area contributed by atoms with Crippen LogP contribution in [0.2, 0.25) is 0 Å². The Morgan fingerprint density at radius 3 is 2.65 bits per heavy atom. The summed E-state index contributed by atoms with van der Waals surface area (Å²) < 4.78 is 5.60. The van der Waals surface area contributed by atoms with Crippen molar-refractivity contribution in [3.8, 4) is 5.75 Å². The number of carbonyl (C=O) groups excluding carboxylic acids is 1. The number of hydrogen-bond donors (Lipinski definition) is 1. The Morgan fingerprint density at radius 1 is 1.26 bits per heavy atom. The molecule has 4 nitrogen and oxygen atoms in total. The minimum absolute atomic E-state index is 0.284. The fraction of sp³-hybridized carbons (Fsp3) is 0.263. The molecule has 0 fully saturated rings. The molecule has 1 amide bonds. The molecule has 0 unspecified atom stereocenters. The molecule has 23 heavy (non-hydrogen) atoms. The van der Waals surface area contributed by atoms with E-state index in [-0.39, 0.29) is 5.91 Å². The number of hydrazone groups is 1. The summed E-state index contributed by atoms with van der Waals surface area (Å²) >= 11 is 0. The number of aryl methyl sites for hydroxylation is 2. The lowest BCUT2D eigenvalue weighted by Gasteiger charge is -2.13. The molecule has 1 atom stereocenters. The van der Waals surface area contributed by atoms with Gasteiger partial charge in [0, 0.05) is 0 Å². The van der Waals surface area contributed by atoms with Gasteiger partial charge in [0.1, 0.15) is 5.75 Å². The lowest BCUT2D eigenvalue weighted by molar-refractivity contribution is -0.127. The van der Waals surface area contributed by atoms with Gasteiger partial charge in [-0.1, -0.05) is 43.3 Å². The summed E-state index contributed by atoms with van der Waals surface area (Å²) in [6.45, 7) is 5.79. The molecular weight excluding hydrogens is 288 g/mol. The zero-order chi connectivity index (χ0) is 16.7. The maximum atomic E-state index is 12.0. The van der Waals surface area contributed by atoms with Crippen LogP contribution in [-0.2, 0) is 11.2 Å². The van der Waals surface area contributed by atoms with Crippen molar-refractivity contribution in [3.63, 3.8) is 0 Å². The molecule has 0 aliphatic heterocycles. The molecule has 0 heterocycles. The third kappa shape index (κ3) is 5.25. The zero-order valence-electron chi connectivity index (χ0n) is 13.7. The number of amides is 1. The van der Waals surface area contributed by atoms with Crippen molar-refractivity contribution in [1.29, 1.82) is 0 Å². The molecule has 0 spiro atoms. The SMILES string of the molecule is CCc1ccc(C=NNC(=O)[C@@H](C)Oc2cccc(C)c2)cc1. The standard InChI is InChI=1S/C19H22N2O2/c1-4-16-8-10-17(11-9-16)13-20-21-19(22)15(3)23-18-7-5-6-14(2)12-18/h5-13,15H,4H2,1-3H3,(H,21,22)/t15-/m1/s1. The van der Waals surface area contributed by atoms with Gasteiger partial charge >= 0.3 is 0 Å². The predicted molar refractivity (Wildman–Crippen MR) is 92.8 cm³/mol. The molecule has 1 N–H and O–H groups in total. The van der Waals surface area contributed by atoms with Crippen molar-refractivity contribution in [3.05, 3.63) is 65.2 Å².